The zero-order chi connectivity index (χ0) is 17.1. The van der Waals surface area contributed by atoms with Crippen molar-refractivity contribution in [3.63, 3.8) is 0 Å². The average molecular weight is 338 g/mol. The largest absolute Gasteiger partial charge is 0.486 e. The Morgan fingerprint density at radius 1 is 0.880 bits per heavy atom. The van der Waals surface area contributed by atoms with Crippen LogP contribution in [0.2, 0.25) is 0 Å². The van der Waals surface area contributed by atoms with Crippen molar-refractivity contribution in [2.75, 3.05) is 44.3 Å². The summed E-state index contributed by atoms with van der Waals surface area (Å²) in [7, 11) is 0. The quantitative estimate of drug-likeness (QED) is 0.862. The molecule has 2 heterocycles. The van der Waals surface area contributed by atoms with E-state index >= 15 is 0 Å². The van der Waals surface area contributed by atoms with E-state index in [1.54, 1.807) is 0 Å². The van der Waals surface area contributed by atoms with Crippen LogP contribution in [0.5, 0.6) is 11.5 Å². The lowest BCUT2D eigenvalue weighted by Crippen LogP contribution is -2.49. The Balaban J connectivity index is 1.36. The van der Waals surface area contributed by atoms with Crippen molar-refractivity contribution in [3.05, 3.63) is 54.1 Å². The molecule has 2 aliphatic heterocycles. The lowest BCUT2D eigenvalue weighted by atomic mass is 10.1. The molecular formula is C20H22N2O3. The molecule has 130 valence electrons. The number of rotatable bonds is 3. The molecule has 0 saturated carbocycles. The molecule has 5 heteroatoms. The van der Waals surface area contributed by atoms with Gasteiger partial charge in [0, 0.05) is 37.9 Å². The standard InChI is InChI=1S/C20H22N2O3/c23-20(14-16-4-2-1-3-5-16)22-10-8-21(9-11-22)17-6-7-18-19(15-17)25-13-12-24-18/h1-7,15H,8-14H2. The average Bonchev–Trinajstić information content (AvgIpc) is 2.68. The summed E-state index contributed by atoms with van der Waals surface area (Å²) in [5, 5.41) is 0. The van der Waals surface area contributed by atoms with Crippen molar-refractivity contribution < 1.29 is 14.3 Å². The molecule has 0 bridgehead atoms. The van der Waals surface area contributed by atoms with Gasteiger partial charge in [-0.25, -0.2) is 0 Å². The smallest absolute Gasteiger partial charge is 0.227 e. The third-order valence-corrected chi connectivity index (χ3v) is 4.72. The number of fused-ring (bicyclic) bond motifs is 1. The predicted molar refractivity (Wildman–Crippen MR) is 96.4 cm³/mol. The maximum Gasteiger partial charge on any atom is 0.227 e. The van der Waals surface area contributed by atoms with Crippen molar-refractivity contribution in [1.29, 1.82) is 0 Å². The summed E-state index contributed by atoms with van der Waals surface area (Å²) < 4.78 is 11.2. The van der Waals surface area contributed by atoms with Crippen molar-refractivity contribution in [2.45, 2.75) is 6.42 Å². The molecule has 5 nitrogen and oxygen atoms in total. The number of benzene rings is 2. The minimum atomic E-state index is 0.202. The number of hydrogen-bond donors (Lipinski definition) is 0. The van der Waals surface area contributed by atoms with E-state index < -0.39 is 0 Å². The van der Waals surface area contributed by atoms with Crippen LogP contribution in [0.4, 0.5) is 5.69 Å². The summed E-state index contributed by atoms with van der Waals surface area (Å²) in [5.74, 6) is 1.83. The maximum atomic E-state index is 12.5. The Labute approximate surface area is 147 Å². The fourth-order valence-electron chi connectivity index (χ4n) is 3.33. The van der Waals surface area contributed by atoms with Crippen molar-refractivity contribution in [3.8, 4) is 11.5 Å². The van der Waals surface area contributed by atoms with E-state index in [4.69, 9.17) is 9.47 Å². The first-order valence-electron chi connectivity index (χ1n) is 8.76. The Morgan fingerprint density at radius 3 is 2.36 bits per heavy atom. The summed E-state index contributed by atoms with van der Waals surface area (Å²) in [6, 6.07) is 16.0. The molecule has 2 aromatic carbocycles. The fourth-order valence-corrected chi connectivity index (χ4v) is 3.33. The molecule has 0 aromatic heterocycles. The molecule has 1 saturated heterocycles. The van der Waals surface area contributed by atoms with Gasteiger partial charge in [-0.3, -0.25) is 4.79 Å². The molecule has 2 aromatic rings. The van der Waals surface area contributed by atoms with Gasteiger partial charge in [-0.1, -0.05) is 30.3 Å². The molecular weight excluding hydrogens is 316 g/mol. The van der Waals surface area contributed by atoms with Crippen molar-refractivity contribution in [1.82, 2.24) is 4.90 Å². The zero-order valence-electron chi connectivity index (χ0n) is 14.2. The summed E-state index contributed by atoms with van der Waals surface area (Å²) in [6.07, 6.45) is 0.477. The SMILES string of the molecule is O=C(Cc1ccccc1)N1CCN(c2ccc3c(c2)OCCO3)CC1. The highest BCUT2D eigenvalue weighted by Gasteiger charge is 2.22. The lowest BCUT2D eigenvalue weighted by molar-refractivity contribution is -0.130. The Bertz CT molecular complexity index is 740. The normalized spacial score (nSPS) is 16.6. The van der Waals surface area contributed by atoms with Gasteiger partial charge in [0.25, 0.3) is 0 Å². The number of carbonyl (C=O) groups is 1. The van der Waals surface area contributed by atoms with Crippen LogP contribution in [-0.4, -0.2) is 50.2 Å². The van der Waals surface area contributed by atoms with E-state index in [0.717, 1.165) is 48.9 Å². The van der Waals surface area contributed by atoms with Crippen LogP contribution in [-0.2, 0) is 11.2 Å². The van der Waals surface area contributed by atoms with Gasteiger partial charge in [-0.2, -0.15) is 0 Å². The van der Waals surface area contributed by atoms with Crippen LogP contribution < -0.4 is 14.4 Å². The number of amides is 1. The Morgan fingerprint density at radius 2 is 1.60 bits per heavy atom. The number of nitrogens with zero attached hydrogens (tertiary/aromatic N) is 2. The second-order valence-corrected chi connectivity index (χ2v) is 6.36. The molecule has 0 radical (unpaired) electrons. The number of piperazine rings is 1. The molecule has 25 heavy (non-hydrogen) atoms. The third-order valence-electron chi connectivity index (χ3n) is 4.72. The van der Waals surface area contributed by atoms with E-state index in [1.165, 1.54) is 0 Å². The Kier molecular flexibility index (Phi) is 4.46. The zero-order valence-corrected chi connectivity index (χ0v) is 14.2. The van der Waals surface area contributed by atoms with Gasteiger partial charge in [0.1, 0.15) is 13.2 Å². The molecule has 1 amide bonds. The second kappa shape index (κ2) is 7.05. The van der Waals surface area contributed by atoms with E-state index in [0.29, 0.717) is 19.6 Å². The van der Waals surface area contributed by atoms with Crippen LogP contribution in [0.1, 0.15) is 5.56 Å². The molecule has 4 rings (SSSR count). The topological polar surface area (TPSA) is 42.0 Å². The third kappa shape index (κ3) is 3.55. The van der Waals surface area contributed by atoms with Crippen LogP contribution >= 0.6 is 0 Å². The van der Waals surface area contributed by atoms with Crippen LogP contribution in [0.15, 0.2) is 48.5 Å². The molecule has 0 spiro atoms. The molecule has 2 aliphatic rings. The summed E-state index contributed by atoms with van der Waals surface area (Å²) in [5.41, 5.74) is 2.20. The maximum absolute atomic E-state index is 12.5. The number of ether oxygens (including phenoxy) is 2. The molecule has 1 fully saturated rings. The van der Waals surface area contributed by atoms with E-state index in [9.17, 15) is 4.79 Å². The summed E-state index contributed by atoms with van der Waals surface area (Å²) in [4.78, 5) is 16.7. The number of anilines is 1. The van der Waals surface area contributed by atoms with E-state index in [1.807, 2.05) is 47.4 Å². The van der Waals surface area contributed by atoms with Gasteiger partial charge < -0.3 is 19.3 Å². The van der Waals surface area contributed by atoms with Gasteiger partial charge in [-0.15, -0.1) is 0 Å². The van der Waals surface area contributed by atoms with Crippen molar-refractivity contribution in [2.24, 2.45) is 0 Å². The van der Waals surface area contributed by atoms with Gasteiger partial charge in [0.15, 0.2) is 11.5 Å². The van der Waals surface area contributed by atoms with Crippen LogP contribution in [0, 0.1) is 0 Å². The highest BCUT2D eigenvalue weighted by molar-refractivity contribution is 5.79. The fraction of sp³-hybridized carbons (Fsp3) is 0.350. The number of carbonyl (C=O) groups excluding carboxylic acids is 1. The summed E-state index contributed by atoms with van der Waals surface area (Å²) in [6.45, 7) is 4.37. The lowest BCUT2D eigenvalue weighted by Gasteiger charge is -2.36. The first kappa shape index (κ1) is 15.8. The predicted octanol–water partition coefficient (Wildman–Crippen LogP) is 2.35. The van der Waals surface area contributed by atoms with Gasteiger partial charge in [0.05, 0.1) is 6.42 Å². The molecule has 0 unspecified atom stereocenters. The molecule has 0 atom stereocenters. The van der Waals surface area contributed by atoms with Crippen LogP contribution in [0.3, 0.4) is 0 Å². The second-order valence-electron chi connectivity index (χ2n) is 6.36. The highest BCUT2D eigenvalue weighted by Crippen LogP contribution is 2.34. The van der Waals surface area contributed by atoms with Gasteiger partial charge in [-0.05, 0) is 17.7 Å². The van der Waals surface area contributed by atoms with E-state index in [2.05, 4.69) is 11.0 Å². The molecule has 0 aliphatic carbocycles. The van der Waals surface area contributed by atoms with E-state index in [-0.39, 0.29) is 5.91 Å². The van der Waals surface area contributed by atoms with Crippen molar-refractivity contribution >= 4 is 11.6 Å². The summed E-state index contributed by atoms with van der Waals surface area (Å²) >= 11 is 0. The first-order chi connectivity index (χ1) is 12.3. The van der Waals surface area contributed by atoms with Crippen LogP contribution in [0.25, 0.3) is 0 Å². The minimum absolute atomic E-state index is 0.202. The Hall–Kier alpha value is -2.69. The minimum Gasteiger partial charge on any atom is -0.486 e. The first-order valence-corrected chi connectivity index (χ1v) is 8.76. The molecule has 0 N–H and O–H groups in total. The highest BCUT2D eigenvalue weighted by atomic mass is 16.6. The van der Waals surface area contributed by atoms with Gasteiger partial charge >= 0.3 is 0 Å². The monoisotopic (exact) mass is 338 g/mol. The number of hydrogen-bond acceptors (Lipinski definition) is 4. The van der Waals surface area contributed by atoms with Gasteiger partial charge in [0.2, 0.25) is 5.91 Å².